The number of piperidine rings is 1. The number of hydrogen-bond donors (Lipinski definition) is 1. The van der Waals surface area contributed by atoms with Crippen molar-refractivity contribution in [3.05, 3.63) is 29.3 Å². The van der Waals surface area contributed by atoms with Crippen molar-refractivity contribution in [1.82, 2.24) is 24.6 Å². The predicted molar refractivity (Wildman–Crippen MR) is 93.1 cm³/mol. The molecule has 1 amide bonds. The molecule has 1 N–H and O–H groups in total. The molecular weight excluding hydrogens is 336 g/mol. The molecule has 4 rings (SSSR count). The Bertz CT molecular complexity index is 828. The highest BCUT2D eigenvalue weighted by Gasteiger charge is 2.28. The van der Waals surface area contributed by atoms with E-state index in [1.807, 2.05) is 24.9 Å². The Morgan fingerprint density at radius 2 is 2.04 bits per heavy atom. The largest absolute Gasteiger partial charge is 0.474 e. The normalized spacial score (nSPS) is 17.5. The molecule has 0 bridgehead atoms. The molecule has 0 unspecified atom stereocenters. The maximum Gasteiger partial charge on any atom is 0.407 e. The van der Waals surface area contributed by atoms with Crippen molar-refractivity contribution in [2.45, 2.75) is 39.0 Å². The van der Waals surface area contributed by atoms with Crippen LogP contribution in [0.1, 0.15) is 29.7 Å². The second-order valence-corrected chi connectivity index (χ2v) is 6.81. The van der Waals surface area contributed by atoms with E-state index in [2.05, 4.69) is 20.0 Å². The summed E-state index contributed by atoms with van der Waals surface area (Å²) in [4.78, 5) is 23.4. The van der Waals surface area contributed by atoms with Gasteiger partial charge in [0.2, 0.25) is 5.88 Å². The van der Waals surface area contributed by atoms with Crippen LogP contribution in [0.3, 0.4) is 0 Å². The molecule has 0 spiro atoms. The summed E-state index contributed by atoms with van der Waals surface area (Å²) < 4.78 is 7.98. The van der Waals surface area contributed by atoms with Crippen molar-refractivity contribution in [3.63, 3.8) is 0 Å². The number of nitrogens with zero attached hydrogens (tertiary/aromatic N) is 6. The minimum Gasteiger partial charge on any atom is -0.474 e. The minimum absolute atomic E-state index is 0.0213. The fourth-order valence-electron chi connectivity index (χ4n) is 3.62. The van der Waals surface area contributed by atoms with Crippen LogP contribution in [0.2, 0.25) is 0 Å². The zero-order valence-corrected chi connectivity index (χ0v) is 14.9. The third kappa shape index (κ3) is 2.93. The molecule has 9 nitrogen and oxygen atoms in total. The van der Waals surface area contributed by atoms with Crippen LogP contribution in [0.4, 0.5) is 10.6 Å². The minimum atomic E-state index is -0.868. The Hall–Kier alpha value is -2.84. The Balaban J connectivity index is 1.46. The number of anilines is 1. The van der Waals surface area contributed by atoms with Gasteiger partial charge in [-0.3, -0.25) is 4.68 Å². The van der Waals surface area contributed by atoms with Gasteiger partial charge in [-0.05, 0) is 6.92 Å². The zero-order valence-electron chi connectivity index (χ0n) is 14.9. The Labute approximate surface area is 151 Å². The van der Waals surface area contributed by atoms with E-state index in [-0.39, 0.29) is 6.10 Å². The molecular formula is C17H22N6O3. The van der Waals surface area contributed by atoms with E-state index in [1.54, 1.807) is 0 Å². The van der Waals surface area contributed by atoms with E-state index < -0.39 is 6.09 Å². The van der Waals surface area contributed by atoms with Gasteiger partial charge in [-0.25, -0.2) is 14.8 Å². The number of aryl methyl sites for hydroxylation is 1. The van der Waals surface area contributed by atoms with E-state index in [4.69, 9.17) is 9.84 Å². The highest BCUT2D eigenvalue weighted by molar-refractivity contribution is 5.65. The van der Waals surface area contributed by atoms with Crippen molar-refractivity contribution in [1.29, 1.82) is 0 Å². The molecule has 4 heterocycles. The molecule has 0 atom stereocenters. The van der Waals surface area contributed by atoms with Gasteiger partial charge < -0.3 is 19.6 Å². The SMILES string of the molecule is Cc1c(OC2CCN(C(=O)O)CC2)ncnc1N1Cc2cnn(C)c2C1. The lowest BCUT2D eigenvalue weighted by Gasteiger charge is -2.30. The van der Waals surface area contributed by atoms with Crippen LogP contribution in [-0.2, 0) is 20.1 Å². The molecule has 0 aromatic carbocycles. The number of fused-ring (bicyclic) bond motifs is 1. The van der Waals surface area contributed by atoms with Gasteiger partial charge >= 0.3 is 6.09 Å². The van der Waals surface area contributed by atoms with Crippen molar-refractivity contribution in [2.24, 2.45) is 7.05 Å². The summed E-state index contributed by atoms with van der Waals surface area (Å²) in [6.07, 6.45) is 3.89. The number of aromatic nitrogens is 4. The lowest BCUT2D eigenvalue weighted by atomic mass is 10.1. The highest BCUT2D eigenvalue weighted by Crippen LogP contribution is 2.32. The average molecular weight is 358 g/mol. The van der Waals surface area contributed by atoms with Crippen LogP contribution in [0, 0.1) is 6.92 Å². The van der Waals surface area contributed by atoms with Crippen LogP contribution >= 0.6 is 0 Å². The highest BCUT2D eigenvalue weighted by atomic mass is 16.5. The first-order valence-electron chi connectivity index (χ1n) is 8.73. The van der Waals surface area contributed by atoms with Crippen LogP contribution in [0.5, 0.6) is 5.88 Å². The topological polar surface area (TPSA) is 96.6 Å². The van der Waals surface area contributed by atoms with Crippen LogP contribution in [0.25, 0.3) is 0 Å². The first-order valence-corrected chi connectivity index (χ1v) is 8.73. The Kier molecular flexibility index (Phi) is 4.14. The van der Waals surface area contributed by atoms with Crippen molar-refractivity contribution < 1.29 is 14.6 Å². The quantitative estimate of drug-likeness (QED) is 0.889. The Morgan fingerprint density at radius 3 is 2.73 bits per heavy atom. The Morgan fingerprint density at radius 1 is 1.27 bits per heavy atom. The summed E-state index contributed by atoms with van der Waals surface area (Å²) in [6, 6.07) is 0. The molecule has 2 aromatic heterocycles. The monoisotopic (exact) mass is 358 g/mol. The number of likely N-dealkylation sites (tertiary alicyclic amines) is 1. The first-order chi connectivity index (χ1) is 12.5. The number of carbonyl (C=O) groups is 1. The second-order valence-electron chi connectivity index (χ2n) is 6.81. The number of hydrogen-bond acceptors (Lipinski definition) is 6. The molecule has 1 saturated heterocycles. The standard InChI is InChI=1S/C17H22N6O3/c1-11-15(23-8-12-7-20-21(2)14(12)9-23)18-10-19-16(11)26-13-3-5-22(6-4-13)17(24)25/h7,10,13H,3-6,8-9H2,1-2H3,(H,24,25). The van der Waals surface area contributed by atoms with E-state index in [0.717, 1.165) is 24.5 Å². The molecule has 0 aliphatic carbocycles. The smallest absolute Gasteiger partial charge is 0.407 e. The van der Waals surface area contributed by atoms with Gasteiger partial charge in [0.05, 0.1) is 24.0 Å². The van der Waals surface area contributed by atoms with Crippen LogP contribution in [0.15, 0.2) is 12.5 Å². The summed E-state index contributed by atoms with van der Waals surface area (Å²) in [6.45, 7) is 4.49. The van der Waals surface area contributed by atoms with E-state index in [0.29, 0.717) is 31.8 Å². The number of rotatable bonds is 3. The third-order valence-corrected chi connectivity index (χ3v) is 5.15. The number of ether oxygens (including phenoxy) is 1. The maximum absolute atomic E-state index is 11.0. The predicted octanol–water partition coefficient (Wildman–Crippen LogP) is 1.56. The molecule has 0 saturated carbocycles. The molecule has 138 valence electrons. The second kappa shape index (κ2) is 6.47. The van der Waals surface area contributed by atoms with Crippen LogP contribution < -0.4 is 9.64 Å². The van der Waals surface area contributed by atoms with Gasteiger partial charge in [-0.15, -0.1) is 0 Å². The molecule has 1 fully saturated rings. The van der Waals surface area contributed by atoms with Crippen LogP contribution in [-0.4, -0.2) is 55.0 Å². The van der Waals surface area contributed by atoms with Gasteiger partial charge in [-0.1, -0.05) is 0 Å². The van der Waals surface area contributed by atoms with Gasteiger partial charge in [0.1, 0.15) is 18.2 Å². The van der Waals surface area contributed by atoms with E-state index in [1.165, 1.54) is 22.5 Å². The summed E-state index contributed by atoms with van der Waals surface area (Å²) >= 11 is 0. The summed E-state index contributed by atoms with van der Waals surface area (Å²) in [5, 5.41) is 13.3. The van der Waals surface area contributed by atoms with Gasteiger partial charge in [-0.2, -0.15) is 5.10 Å². The maximum atomic E-state index is 11.0. The van der Waals surface area contributed by atoms with E-state index in [9.17, 15) is 4.79 Å². The van der Waals surface area contributed by atoms with Crippen molar-refractivity contribution >= 4 is 11.9 Å². The molecule has 2 aromatic rings. The molecule has 2 aliphatic heterocycles. The summed E-state index contributed by atoms with van der Waals surface area (Å²) in [7, 11) is 1.95. The third-order valence-electron chi connectivity index (χ3n) is 5.15. The number of carboxylic acid groups (broad SMARTS) is 1. The molecule has 26 heavy (non-hydrogen) atoms. The number of amides is 1. The van der Waals surface area contributed by atoms with Gasteiger partial charge in [0.25, 0.3) is 0 Å². The van der Waals surface area contributed by atoms with Crippen molar-refractivity contribution in [3.8, 4) is 5.88 Å². The van der Waals surface area contributed by atoms with Gasteiger partial charge in [0, 0.05) is 45.1 Å². The van der Waals surface area contributed by atoms with E-state index >= 15 is 0 Å². The van der Waals surface area contributed by atoms with Gasteiger partial charge in [0.15, 0.2) is 0 Å². The summed E-state index contributed by atoms with van der Waals surface area (Å²) in [5.41, 5.74) is 3.33. The fourth-order valence-corrected chi connectivity index (χ4v) is 3.62. The fraction of sp³-hybridized carbons (Fsp3) is 0.529. The first kappa shape index (κ1) is 16.6. The lowest BCUT2D eigenvalue weighted by molar-refractivity contribution is 0.0866. The molecule has 0 radical (unpaired) electrons. The molecule has 2 aliphatic rings. The lowest BCUT2D eigenvalue weighted by Crippen LogP contribution is -2.41. The summed E-state index contributed by atoms with van der Waals surface area (Å²) in [5.74, 6) is 1.45. The zero-order chi connectivity index (χ0) is 18.3. The van der Waals surface area contributed by atoms with Crippen molar-refractivity contribution in [2.75, 3.05) is 18.0 Å². The average Bonchev–Trinajstić information content (AvgIpc) is 3.19. The molecule has 9 heteroatoms.